The predicted octanol–water partition coefficient (Wildman–Crippen LogP) is 0.881. The first-order valence-electron chi connectivity index (χ1n) is 7.06. The van der Waals surface area contributed by atoms with Crippen LogP contribution in [0.15, 0.2) is 24.3 Å². The molecule has 2 rings (SSSR count). The lowest BCUT2D eigenvalue weighted by molar-refractivity contribution is -0.117. The normalized spacial score (nSPS) is 15.3. The molecule has 2 amide bonds. The van der Waals surface area contributed by atoms with E-state index in [1.165, 1.54) is 0 Å². The van der Waals surface area contributed by atoms with Gasteiger partial charge in [0, 0.05) is 31.0 Å². The fraction of sp³-hybridized carbons (Fsp3) is 0.467. The van der Waals surface area contributed by atoms with E-state index in [1.54, 1.807) is 31.4 Å². The molecule has 1 aromatic rings. The maximum absolute atomic E-state index is 11.9. The fourth-order valence-corrected chi connectivity index (χ4v) is 1.85. The Morgan fingerprint density at radius 1 is 1.43 bits per heavy atom. The number of methoxy groups -OCH3 is 1. The first-order chi connectivity index (χ1) is 10.1. The van der Waals surface area contributed by atoms with Crippen molar-refractivity contribution in [3.63, 3.8) is 0 Å². The highest BCUT2D eigenvalue weighted by atomic mass is 16.5. The lowest BCUT2D eigenvalue weighted by Gasteiger charge is -2.12. The molecule has 1 aromatic carbocycles. The van der Waals surface area contributed by atoms with E-state index in [2.05, 4.69) is 10.6 Å². The van der Waals surface area contributed by atoms with Gasteiger partial charge in [0.1, 0.15) is 0 Å². The summed E-state index contributed by atoms with van der Waals surface area (Å²) in [4.78, 5) is 23.8. The number of hydrogen-bond donors (Lipinski definition) is 3. The zero-order valence-electron chi connectivity index (χ0n) is 12.1. The topological polar surface area (TPSA) is 93.4 Å². The van der Waals surface area contributed by atoms with Crippen molar-refractivity contribution in [1.29, 1.82) is 0 Å². The third kappa shape index (κ3) is 4.84. The fourth-order valence-electron chi connectivity index (χ4n) is 1.85. The van der Waals surface area contributed by atoms with Crippen molar-refractivity contribution < 1.29 is 14.3 Å². The summed E-state index contributed by atoms with van der Waals surface area (Å²) in [5.74, 6) is -0.399. The molecule has 0 aromatic heterocycles. The minimum absolute atomic E-state index is 0.114. The van der Waals surface area contributed by atoms with Crippen molar-refractivity contribution in [1.82, 2.24) is 5.32 Å². The summed E-state index contributed by atoms with van der Waals surface area (Å²) >= 11 is 0. The van der Waals surface area contributed by atoms with E-state index in [0.717, 1.165) is 12.8 Å². The monoisotopic (exact) mass is 291 g/mol. The lowest BCUT2D eigenvalue weighted by Crippen LogP contribution is -2.36. The van der Waals surface area contributed by atoms with Gasteiger partial charge in [-0.05, 0) is 37.5 Å². The van der Waals surface area contributed by atoms with Crippen LogP contribution in [-0.4, -0.2) is 37.6 Å². The Labute approximate surface area is 124 Å². The molecule has 1 aliphatic carbocycles. The van der Waals surface area contributed by atoms with Gasteiger partial charge in [-0.1, -0.05) is 6.07 Å². The molecule has 0 aliphatic heterocycles. The van der Waals surface area contributed by atoms with E-state index < -0.39 is 6.04 Å². The van der Waals surface area contributed by atoms with Crippen molar-refractivity contribution in [2.24, 2.45) is 5.73 Å². The van der Waals surface area contributed by atoms with Crippen LogP contribution in [0.2, 0.25) is 0 Å². The molecule has 4 N–H and O–H groups in total. The Kier molecular flexibility index (Phi) is 5.30. The van der Waals surface area contributed by atoms with Crippen LogP contribution in [0.3, 0.4) is 0 Å². The molecule has 6 heteroatoms. The summed E-state index contributed by atoms with van der Waals surface area (Å²) < 4.78 is 4.89. The van der Waals surface area contributed by atoms with Crippen LogP contribution in [0, 0.1) is 0 Å². The molecule has 1 atom stereocenters. The third-order valence-corrected chi connectivity index (χ3v) is 3.27. The lowest BCUT2D eigenvalue weighted by atomic mass is 10.1. The van der Waals surface area contributed by atoms with Gasteiger partial charge in [-0.25, -0.2) is 0 Å². The van der Waals surface area contributed by atoms with Crippen LogP contribution < -0.4 is 16.4 Å². The maximum atomic E-state index is 11.9. The number of carbonyl (C=O) groups excluding carboxylic acids is 2. The van der Waals surface area contributed by atoms with Crippen LogP contribution in [0.25, 0.3) is 0 Å². The van der Waals surface area contributed by atoms with Crippen LogP contribution in [0.1, 0.15) is 29.6 Å². The minimum atomic E-state index is -0.631. The number of ether oxygens (including phenoxy) is 1. The van der Waals surface area contributed by atoms with Crippen LogP contribution in [0.5, 0.6) is 0 Å². The van der Waals surface area contributed by atoms with Crippen LogP contribution >= 0.6 is 0 Å². The first kappa shape index (κ1) is 15.5. The first-order valence-corrected chi connectivity index (χ1v) is 7.06. The van der Waals surface area contributed by atoms with E-state index in [0.29, 0.717) is 30.3 Å². The van der Waals surface area contributed by atoms with Crippen molar-refractivity contribution in [3.05, 3.63) is 29.8 Å². The van der Waals surface area contributed by atoms with Crippen molar-refractivity contribution in [3.8, 4) is 0 Å². The van der Waals surface area contributed by atoms with Gasteiger partial charge in [0.15, 0.2) is 0 Å². The summed E-state index contributed by atoms with van der Waals surface area (Å²) in [5, 5.41) is 5.62. The van der Waals surface area contributed by atoms with Crippen LogP contribution in [0.4, 0.5) is 5.69 Å². The number of nitrogens with one attached hydrogen (secondary N) is 2. The Bertz CT molecular complexity index is 515. The highest BCUT2D eigenvalue weighted by Gasteiger charge is 2.23. The van der Waals surface area contributed by atoms with Gasteiger partial charge in [-0.2, -0.15) is 0 Å². The van der Waals surface area contributed by atoms with E-state index in [9.17, 15) is 9.59 Å². The molecule has 0 spiro atoms. The van der Waals surface area contributed by atoms with Gasteiger partial charge in [-0.15, -0.1) is 0 Å². The molecule has 1 aliphatic rings. The van der Waals surface area contributed by atoms with Gasteiger partial charge in [-0.3, -0.25) is 9.59 Å². The maximum Gasteiger partial charge on any atom is 0.251 e. The van der Waals surface area contributed by atoms with Crippen molar-refractivity contribution in [2.45, 2.75) is 31.3 Å². The average Bonchev–Trinajstić information content (AvgIpc) is 3.28. The summed E-state index contributed by atoms with van der Waals surface area (Å²) in [6.45, 7) is 0.429. The summed E-state index contributed by atoms with van der Waals surface area (Å²) in [6.07, 6.45) is 2.53. The number of benzene rings is 1. The number of carbonyl (C=O) groups is 2. The number of hydrogen-bond acceptors (Lipinski definition) is 4. The molecule has 1 fully saturated rings. The number of amides is 2. The second-order valence-corrected chi connectivity index (χ2v) is 5.21. The highest BCUT2D eigenvalue weighted by Crippen LogP contribution is 2.20. The average molecular weight is 291 g/mol. The smallest absolute Gasteiger partial charge is 0.251 e. The quantitative estimate of drug-likeness (QED) is 0.695. The standard InChI is InChI=1S/C15H21N3O3/c1-21-8-7-13(16)15(20)18-12-4-2-3-10(9-12)14(19)17-11-5-6-11/h2-4,9,11,13H,5-8,16H2,1H3,(H,17,19)(H,18,20). The molecule has 0 bridgehead atoms. The Hall–Kier alpha value is -1.92. The van der Waals surface area contributed by atoms with E-state index in [4.69, 9.17) is 10.5 Å². The van der Waals surface area contributed by atoms with Gasteiger partial charge >= 0.3 is 0 Å². The second kappa shape index (κ2) is 7.19. The van der Waals surface area contributed by atoms with E-state index >= 15 is 0 Å². The largest absolute Gasteiger partial charge is 0.385 e. The predicted molar refractivity (Wildman–Crippen MR) is 80.0 cm³/mol. The van der Waals surface area contributed by atoms with Gasteiger partial charge in [0.05, 0.1) is 6.04 Å². The van der Waals surface area contributed by atoms with Gasteiger partial charge in [0.25, 0.3) is 5.91 Å². The second-order valence-electron chi connectivity index (χ2n) is 5.21. The molecule has 0 radical (unpaired) electrons. The summed E-state index contributed by atoms with van der Waals surface area (Å²) in [7, 11) is 1.56. The minimum Gasteiger partial charge on any atom is -0.385 e. The number of anilines is 1. The molecule has 0 heterocycles. The van der Waals surface area contributed by atoms with Crippen molar-refractivity contribution >= 4 is 17.5 Å². The van der Waals surface area contributed by atoms with Crippen molar-refractivity contribution in [2.75, 3.05) is 19.0 Å². The zero-order chi connectivity index (χ0) is 15.2. The summed E-state index contributed by atoms with van der Waals surface area (Å²) in [6, 6.07) is 6.51. The molecule has 1 saturated carbocycles. The molecule has 0 saturated heterocycles. The molecule has 114 valence electrons. The van der Waals surface area contributed by atoms with Gasteiger partial charge in [0.2, 0.25) is 5.91 Å². The molecule has 6 nitrogen and oxygen atoms in total. The van der Waals surface area contributed by atoms with Crippen LogP contribution in [-0.2, 0) is 9.53 Å². The molecular weight excluding hydrogens is 270 g/mol. The van der Waals surface area contributed by atoms with E-state index in [1.807, 2.05) is 0 Å². The SMILES string of the molecule is COCCC(N)C(=O)Nc1cccc(C(=O)NC2CC2)c1. The molecular formula is C15H21N3O3. The zero-order valence-corrected chi connectivity index (χ0v) is 12.1. The highest BCUT2D eigenvalue weighted by molar-refractivity contribution is 5.98. The molecule has 1 unspecified atom stereocenters. The number of rotatable bonds is 7. The summed E-state index contributed by atoms with van der Waals surface area (Å²) in [5.41, 5.74) is 6.85. The number of nitrogens with two attached hydrogens (primary N) is 1. The Morgan fingerprint density at radius 2 is 2.19 bits per heavy atom. The molecule has 21 heavy (non-hydrogen) atoms. The third-order valence-electron chi connectivity index (χ3n) is 3.27. The Balaban J connectivity index is 1.93. The Morgan fingerprint density at radius 3 is 2.86 bits per heavy atom. The van der Waals surface area contributed by atoms with E-state index in [-0.39, 0.29) is 11.8 Å². The van der Waals surface area contributed by atoms with Gasteiger partial charge < -0.3 is 21.1 Å².